The molecule has 2 aliphatic rings. The third-order valence-corrected chi connectivity index (χ3v) is 6.02. The molecule has 0 aromatic heterocycles. The van der Waals surface area contributed by atoms with Gasteiger partial charge in [-0.3, -0.25) is 9.59 Å². The largest absolute Gasteiger partial charge is 0.465 e. The van der Waals surface area contributed by atoms with Gasteiger partial charge in [0.15, 0.2) is 0 Å². The van der Waals surface area contributed by atoms with Gasteiger partial charge in [-0.2, -0.15) is 0 Å². The lowest BCUT2D eigenvalue weighted by molar-refractivity contribution is 0.0599. The molecular formula is C24H27N3O4. The Morgan fingerprint density at radius 3 is 2.71 bits per heavy atom. The molecule has 0 bridgehead atoms. The number of rotatable bonds is 4. The predicted octanol–water partition coefficient (Wildman–Crippen LogP) is 3.91. The molecule has 31 heavy (non-hydrogen) atoms. The van der Waals surface area contributed by atoms with Crippen molar-refractivity contribution in [2.75, 3.05) is 30.4 Å². The standard InChI is InChI=1S/C24H27N3O4/c1-3-26-20-15-16(22(28)25-18-9-7-8-17(14-18)24(30)31-2)11-12-19(20)23(29)27-13-6-4-5-10-21(26)27/h7-9,11-12,14-15,21H,3-6,10,13H2,1-2H3,(H,25,28). The molecular weight excluding hydrogens is 394 g/mol. The summed E-state index contributed by atoms with van der Waals surface area (Å²) in [4.78, 5) is 42.0. The van der Waals surface area contributed by atoms with Gasteiger partial charge in [-0.25, -0.2) is 4.79 Å². The van der Waals surface area contributed by atoms with Crippen LogP contribution in [-0.4, -0.2) is 49.0 Å². The number of benzene rings is 2. The Kier molecular flexibility index (Phi) is 5.93. The van der Waals surface area contributed by atoms with Gasteiger partial charge in [0.1, 0.15) is 6.17 Å². The van der Waals surface area contributed by atoms with Crippen LogP contribution in [0, 0.1) is 0 Å². The summed E-state index contributed by atoms with van der Waals surface area (Å²) >= 11 is 0. The molecule has 7 nitrogen and oxygen atoms in total. The van der Waals surface area contributed by atoms with Crippen molar-refractivity contribution in [3.05, 3.63) is 59.2 Å². The first-order valence-electron chi connectivity index (χ1n) is 10.7. The predicted molar refractivity (Wildman–Crippen MR) is 118 cm³/mol. The van der Waals surface area contributed by atoms with Gasteiger partial charge in [-0.1, -0.05) is 12.5 Å². The fourth-order valence-corrected chi connectivity index (χ4v) is 4.48. The third-order valence-electron chi connectivity index (χ3n) is 6.02. The number of hydrogen-bond acceptors (Lipinski definition) is 5. The number of ether oxygens (including phenoxy) is 1. The molecule has 2 heterocycles. The number of esters is 1. The highest BCUT2D eigenvalue weighted by Crippen LogP contribution is 2.35. The Bertz CT molecular complexity index is 1020. The maximum Gasteiger partial charge on any atom is 0.337 e. The van der Waals surface area contributed by atoms with E-state index in [1.807, 2.05) is 4.90 Å². The van der Waals surface area contributed by atoms with Crippen molar-refractivity contribution in [2.45, 2.75) is 38.8 Å². The topological polar surface area (TPSA) is 79.0 Å². The maximum atomic E-state index is 13.1. The Morgan fingerprint density at radius 1 is 1.10 bits per heavy atom. The average Bonchev–Trinajstić information content (AvgIpc) is 3.05. The lowest BCUT2D eigenvalue weighted by Gasteiger charge is -2.44. The van der Waals surface area contributed by atoms with E-state index in [2.05, 4.69) is 17.1 Å². The molecule has 1 saturated heterocycles. The van der Waals surface area contributed by atoms with Crippen LogP contribution in [-0.2, 0) is 4.74 Å². The van der Waals surface area contributed by atoms with Gasteiger partial charge >= 0.3 is 5.97 Å². The SMILES string of the molecule is CCN1c2cc(C(=O)Nc3cccc(C(=O)OC)c3)ccc2C(=O)N2CCCCCC21. The van der Waals surface area contributed by atoms with Gasteiger partial charge in [-0.05, 0) is 62.6 Å². The second-order valence-electron chi connectivity index (χ2n) is 7.87. The highest BCUT2D eigenvalue weighted by atomic mass is 16.5. The zero-order valence-electron chi connectivity index (χ0n) is 17.9. The number of carbonyl (C=O) groups is 3. The summed E-state index contributed by atoms with van der Waals surface area (Å²) < 4.78 is 4.74. The van der Waals surface area contributed by atoms with Gasteiger partial charge in [0.05, 0.1) is 23.9 Å². The van der Waals surface area contributed by atoms with Crippen LogP contribution in [0.4, 0.5) is 11.4 Å². The Hall–Kier alpha value is -3.35. The molecule has 2 aromatic carbocycles. The van der Waals surface area contributed by atoms with E-state index in [0.29, 0.717) is 22.4 Å². The minimum atomic E-state index is -0.463. The molecule has 162 valence electrons. The highest BCUT2D eigenvalue weighted by Gasteiger charge is 2.37. The quantitative estimate of drug-likeness (QED) is 0.758. The molecule has 2 aliphatic heterocycles. The molecule has 7 heteroatoms. The van der Waals surface area contributed by atoms with Crippen LogP contribution < -0.4 is 10.2 Å². The number of hydrogen-bond donors (Lipinski definition) is 1. The molecule has 1 N–H and O–H groups in total. The van der Waals surface area contributed by atoms with Crippen molar-refractivity contribution in [2.24, 2.45) is 0 Å². The normalized spacial score (nSPS) is 18.0. The summed E-state index contributed by atoms with van der Waals surface area (Å²) in [7, 11) is 1.32. The minimum Gasteiger partial charge on any atom is -0.465 e. The molecule has 2 aromatic rings. The molecule has 0 radical (unpaired) electrons. The number of anilines is 2. The lowest BCUT2D eigenvalue weighted by atomic mass is 10.0. The van der Waals surface area contributed by atoms with E-state index in [1.165, 1.54) is 7.11 Å². The van der Waals surface area contributed by atoms with Crippen molar-refractivity contribution in [1.82, 2.24) is 4.90 Å². The van der Waals surface area contributed by atoms with Crippen LogP contribution >= 0.6 is 0 Å². The molecule has 4 rings (SSSR count). The zero-order valence-corrected chi connectivity index (χ0v) is 17.9. The summed E-state index contributed by atoms with van der Waals surface area (Å²) in [5.41, 5.74) is 2.79. The second-order valence-corrected chi connectivity index (χ2v) is 7.87. The van der Waals surface area contributed by atoms with Crippen molar-refractivity contribution >= 4 is 29.2 Å². The van der Waals surface area contributed by atoms with Crippen molar-refractivity contribution < 1.29 is 19.1 Å². The molecule has 1 atom stereocenters. The number of amides is 2. The number of fused-ring (bicyclic) bond motifs is 2. The first-order valence-corrected chi connectivity index (χ1v) is 10.7. The summed E-state index contributed by atoms with van der Waals surface area (Å²) in [5.74, 6) is -0.712. The molecule has 0 spiro atoms. The Morgan fingerprint density at radius 2 is 1.94 bits per heavy atom. The number of nitrogens with one attached hydrogen (secondary N) is 1. The van der Waals surface area contributed by atoms with E-state index >= 15 is 0 Å². The smallest absolute Gasteiger partial charge is 0.337 e. The third kappa shape index (κ3) is 4.00. The maximum absolute atomic E-state index is 13.1. The van der Waals surface area contributed by atoms with Crippen molar-refractivity contribution in [3.63, 3.8) is 0 Å². The fraction of sp³-hybridized carbons (Fsp3) is 0.375. The molecule has 2 amide bonds. The summed E-state index contributed by atoms with van der Waals surface area (Å²) in [5, 5.41) is 2.83. The number of methoxy groups -OCH3 is 1. The summed E-state index contributed by atoms with van der Waals surface area (Å²) in [6, 6.07) is 11.8. The van der Waals surface area contributed by atoms with E-state index in [-0.39, 0.29) is 18.0 Å². The van der Waals surface area contributed by atoms with E-state index in [4.69, 9.17) is 4.74 Å². The Balaban J connectivity index is 1.62. The number of carbonyl (C=O) groups excluding carboxylic acids is 3. The summed E-state index contributed by atoms with van der Waals surface area (Å²) in [6.45, 7) is 3.61. The van der Waals surface area contributed by atoms with Crippen LogP contribution in [0.3, 0.4) is 0 Å². The van der Waals surface area contributed by atoms with Crippen molar-refractivity contribution in [3.8, 4) is 0 Å². The van der Waals surface area contributed by atoms with Gasteiger partial charge in [0.2, 0.25) is 0 Å². The Labute approximate surface area is 182 Å². The second kappa shape index (κ2) is 8.79. The lowest BCUT2D eigenvalue weighted by Crippen LogP contribution is -2.55. The molecule has 0 aliphatic carbocycles. The average molecular weight is 421 g/mol. The molecule has 1 fully saturated rings. The van der Waals surface area contributed by atoms with Crippen LogP contribution in [0.5, 0.6) is 0 Å². The van der Waals surface area contributed by atoms with Crippen LogP contribution in [0.2, 0.25) is 0 Å². The minimum absolute atomic E-state index is 0.0440. The molecule has 1 unspecified atom stereocenters. The summed E-state index contributed by atoms with van der Waals surface area (Å²) in [6.07, 6.45) is 4.24. The van der Waals surface area contributed by atoms with Crippen LogP contribution in [0.1, 0.15) is 63.7 Å². The van der Waals surface area contributed by atoms with Gasteiger partial charge in [0, 0.05) is 24.3 Å². The van der Waals surface area contributed by atoms with Crippen molar-refractivity contribution in [1.29, 1.82) is 0 Å². The zero-order chi connectivity index (χ0) is 22.0. The monoisotopic (exact) mass is 421 g/mol. The van der Waals surface area contributed by atoms with Crippen LogP contribution in [0.25, 0.3) is 0 Å². The highest BCUT2D eigenvalue weighted by molar-refractivity contribution is 6.08. The first kappa shape index (κ1) is 20.9. The first-order chi connectivity index (χ1) is 15.0. The van der Waals surface area contributed by atoms with E-state index in [1.54, 1.807) is 42.5 Å². The number of nitrogens with zero attached hydrogens (tertiary/aromatic N) is 2. The fourth-order valence-electron chi connectivity index (χ4n) is 4.48. The molecule has 0 saturated carbocycles. The van der Waals surface area contributed by atoms with Gasteiger partial charge < -0.3 is 19.9 Å². The van der Waals surface area contributed by atoms with E-state index in [0.717, 1.165) is 44.5 Å². The van der Waals surface area contributed by atoms with E-state index < -0.39 is 5.97 Å². The van der Waals surface area contributed by atoms with E-state index in [9.17, 15) is 14.4 Å². The van der Waals surface area contributed by atoms with Gasteiger partial charge in [0.25, 0.3) is 11.8 Å². The van der Waals surface area contributed by atoms with Crippen LogP contribution in [0.15, 0.2) is 42.5 Å². The van der Waals surface area contributed by atoms with Gasteiger partial charge in [-0.15, -0.1) is 0 Å².